The Morgan fingerprint density at radius 3 is 2.69 bits per heavy atom. The number of benzene rings is 1. The largest absolute Gasteiger partial charge is 0.323 e. The molecule has 5 aromatic rings. The number of hydrogen-bond acceptors (Lipinski definition) is 8. The van der Waals surface area contributed by atoms with Crippen molar-refractivity contribution in [3.8, 4) is 11.1 Å². The Bertz CT molecular complexity index is 1530. The number of anilines is 2. The van der Waals surface area contributed by atoms with Crippen molar-refractivity contribution < 1.29 is 4.92 Å². The van der Waals surface area contributed by atoms with Gasteiger partial charge in [-0.25, -0.2) is 4.98 Å². The lowest BCUT2D eigenvalue weighted by Crippen LogP contribution is -2.03. The number of nitro groups is 1. The normalized spacial score (nSPS) is 11.2. The van der Waals surface area contributed by atoms with E-state index in [0.717, 1.165) is 22.2 Å². The molecule has 35 heavy (non-hydrogen) atoms. The minimum atomic E-state index is -0.380. The van der Waals surface area contributed by atoms with Gasteiger partial charge in [0.05, 0.1) is 40.5 Å². The van der Waals surface area contributed by atoms with E-state index in [1.165, 1.54) is 6.07 Å². The highest BCUT2D eigenvalue weighted by atomic mass is 16.6. The summed E-state index contributed by atoms with van der Waals surface area (Å²) in [6.45, 7) is 4.50. The first kappa shape index (κ1) is 22.1. The molecule has 0 atom stereocenters. The topological polar surface area (TPSA) is 125 Å². The maximum atomic E-state index is 11.3. The lowest BCUT2D eigenvalue weighted by molar-refractivity contribution is -0.385. The van der Waals surface area contributed by atoms with E-state index in [2.05, 4.69) is 39.4 Å². The summed E-state index contributed by atoms with van der Waals surface area (Å²) in [5, 5.41) is 27.1. The molecule has 4 heterocycles. The average Bonchev–Trinajstić information content (AvgIpc) is 3.32. The van der Waals surface area contributed by atoms with Gasteiger partial charge < -0.3 is 5.32 Å². The predicted octanol–water partition coefficient (Wildman–Crippen LogP) is 5.11. The van der Waals surface area contributed by atoms with Crippen molar-refractivity contribution in [2.24, 2.45) is 0 Å². The van der Waals surface area contributed by atoms with Crippen molar-refractivity contribution in [3.05, 3.63) is 94.6 Å². The Labute approximate surface area is 200 Å². The molecule has 0 aliphatic carbocycles. The number of fused-ring (bicyclic) bond motifs is 1. The molecule has 0 unspecified atom stereocenters. The minimum Gasteiger partial charge on any atom is -0.323 e. The van der Waals surface area contributed by atoms with Gasteiger partial charge in [0.2, 0.25) is 0 Å². The van der Waals surface area contributed by atoms with Gasteiger partial charge in [-0.2, -0.15) is 10.2 Å². The van der Waals surface area contributed by atoms with Crippen LogP contribution in [0.2, 0.25) is 0 Å². The van der Waals surface area contributed by atoms with Crippen LogP contribution in [0.25, 0.3) is 22.2 Å². The molecule has 0 aliphatic rings. The van der Waals surface area contributed by atoms with Crippen LogP contribution in [0.5, 0.6) is 0 Å². The van der Waals surface area contributed by atoms with E-state index in [4.69, 9.17) is 4.98 Å². The van der Waals surface area contributed by atoms with Crippen LogP contribution in [0.4, 0.5) is 17.3 Å². The van der Waals surface area contributed by atoms with Gasteiger partial charge in [-0.3, -0.25) is 19.8 Å². The van der Waals surface area contributed by atoms with Crippen LogP contribution in [0.3, 0.4) is 0 Å². The summed E-state index contributed by atoms with van der Waals surface area (Å²) in [5.74, 6) is 1.61. The summed E-state index contributed by atoms with van der Waals surface area (Å²) in [6, 6.07) is 14.3. The molecule has 5 rings (SSSR count). The fourth-order valence-corrected chi connectivity index (χ4v) is 3.72. The van der Waals surface area contributed by atoms with E-state index in [9.17, 15) is 10.1 Å². The number of nitrogens with one attached hydrogen (secondary N) is 1. The molecule has 0 spiro atoms. The molecule has 10 nitrogen and oxygen atoms in total. The number of hydrogen-bond donors (Lipinski definition) is 1. The number of aromatic nitrogens is 6. The second-order valence-corrected chi connectivity index (χ2v) is 8.42. The number of rotatable bonds is 7. The predicted molar refractivity (Wildman–Crippen MR) is 132 cm³/mol. The Morgan fingerprint density at radius 1 is 1.00 bits per heavy atom. The van der Waals surface area contributed by atoms with Crippen molar-refractivity contribution in [1.82, 2.24) is 29.9 Å². The van der Waals surface area contributed by atoms with Crippen LogP contribution >= 0.6 is 0 Å². The van der Waals surface area contributed by atoms with Crippen LogP contribution in [0, 0.1) is 10.1 Å². The molecule has 4 aromatic heterocycles. The molecule has 0 bridgehead atoms. The molecule has 10 heteroatoms. The number of para-hydroxylation sites is 1. The zero-order valence-electron chi connectivity index (χ0n) is 19.2. The van der Waals surface area contributed by atoms with Gasteiger partial charge in [-0.1, -0.05) is 32.0 Å². The second-order valence-electron chi connectivity index (χ2n) is 8.42. The van der Waals surface area contributed by atoms with Gasteiger partial charge in [-0.15, -0.1) is 5.10 Å². The number of nitro benzene ring substituents is 1. The molecular formula is C25H22N8O2. The molecule has 0 radical (unpaired) electrons. The summed E-state index contributed by atoms with van der Waals surface area (Å²) in [4.78, 5) is 20.1. The van der Waals surface area contributed by atoms with E-state index in [1.54, 1.807) is 41.5 Å². The molecule has 0 saturated heterocycles. The molecule has 0 aliphatic heterocycles. The summed E-state index contributed by atoms with van der Waals surface area (Å²) in [6.07, 6.45) is 7.08. The van der Waals surface area contributed by atoms with Crippen LogP contribution in [-0.4, -0.2) is 34.9 Å². The van der Waals surface area contributed by atoms with Crippen molar-refractivity contribution in [3.63, 3.8) is 0 Å². The molecule has 0 fully saturated rings. The van der Waals surface area contributed by atoms with Crippen molar-refractivity contribution >= 4 is 28.4 Å². The summed E-state index contributed by atoms with van der Waals surface area (Å²) < 4.78 is 1.67. The van der Waals surface area contributed by atoms with Crippen molar-refractivity contribution in [2.75, 3.05) is 5.32 Å². The highest BCUT2D eigenvalue weighted by Gasteiger charge is 2.14. The summed E-state index contributed by atoms with van der Waals surface area (Å²) >= 11 is 0. The zero-order chi connectivity index (χ0) is 24.4. The van der Waals surface area contributed by atoms with Crippen LogP contribution in [-0.2, 0) is 6.54 Å². The Morgan fingerprint density at radius 2 is 1.86 bits per heavy atom. The van der Waals surface area contributed by atoms with E-state index in [0.29, 0.717) is 35.2 Å². The van der Waals surface area contributed by atoms with Crippen molar-refractivity contribution in [1.29, 1.82) is 0 Å². The standard InChI is InChI=1S/C25H22N8O2/c1-16(2)18-10-25(31-27-12-18)30-24-8-7-21-22(29-24)9-19(11-26-21)20-13-28-32(15-20)14-17-5-3-4-6-23(17)33(34)35/h3-13,15-16H,14H2,1-2H3,(H,29,30,31). The third-order valence-corrected chi connectivity index (χ3v) is 5.62. The first-order valence-corrected chi connectivity index (χ1v) is 11.1. The monoisotopic (exact) mass is 466 g/mol. The molecular weight excluding hydrogens is 444 g/mol. The first-order chi connectivity index (χ1) is 17.0. The van der Waals surface area contributed by atoms with Crippen molar-refractivity contribution in [2.45, 2.75) is 26.3 Å². The van der Waals surface area contributed by atoms with E-state index in [-0.39, 0.29) is 10.6 Å². The summed E-state index contributed by atoms with van der Waals surface area (Å²) in [7, 11) is 0. The third-order valence-electron chi connectivity index (χ3n) is 5.62. The Balaban J connectivity index is 1.40. The highest BCUT2D eigenvalue weighted by molar-refractivity contribution is 5.81. The van der Waals surface area contributed by atoms with Gasteiger partial charge in [0, 0.05) is 29.6 Å². The Kier molecular flexibility index (Phi) is 5.84. The maximum Gasteiger partial charge on any atom is 0.274 e. The highest BCUT2D eigenvalue weighted by Crippen LogP contribution is 2.25. The average molecular weight is 467 g/mol. The van der Waals surface area contributed by atoms with E-state index in [1.807, 2.05) is 30.5 Å². The van der Waals surface area contributed by atoms with Crippen LogP contribution in [0.1, 0.15) is 30.9 Å². The minimum absolute atomic E-state index is 0.0739. The van der Waals surface area contributed by atoms with E-state index >= 15 is 0 Å². The molecule has 174 valence electrons. The quantitative estimate of drug-likeness (QED) is 0.259. The van der Waals surface area contributed by atoms with Crippen LogP contribution < -0.4 is 5.32 Å². The van der Waals surface area contributed by atoms with Gasteiger partial charge in [0.25, 0.3) is 5.69 Å². The zero-order valence-corrected chi connectivity index (χ0v) is 19.2. The Hall–Kier alpha value is -4.73. The van der Waals surface area contributed by atoms with E-state index < -0.39 is 0 Å². The molecule has 1 aromatic carbocycles. The van der Waals surface area contributed by atoms with Crippen LogP contribution in [0.15, 0.2) is 73.3 Å². The SMILES string of the molecule is CC(C)c1cnnc(Nc2ccc3ncc(-c4cnn(Cc5ccccc5[N+](=O)[O-])c4)cc3n2)c1. The lowest BCUT2D eigenvalue weighted by atomic mass is 10.1. The number of pyridine rings is 2. The fraction of sp³-hybridized carbons (Fsp3) is 0.160. The maximum absolute atomic E-state index is 11.3. The second kappa shape index (κ2) is 9.26. The molecule has 0 amide bonds. The molecule has 1 N–H and O–H groups in total. The molecule has 0 saturated carbocycles. The fourth-order valence-electron chi connectivity index (χ4n) is 3.72. The smallest absolute Gasteiger partial charge is 0.274 e. The van der Waals surface area contributed by atoms with Gasteiger partial charge >= 0.3 is 0 Å². The summed E-state index contributed by atoms with van der Waals surface area (Å²) in [5.41, 5.74) is 4.91. The lowest BCUT2D eigenvalue weighted by Gasteiger charge is -2.09. The third kappa shape index (κ3) is 4.81. The number of nitrogens with zero attached hydrogens (tertiary/aromatic N) is 7. The van der Waals surface area contributed by atoms with Gasteiger partial charge in [0.1, 0.15) is 5.82 Å². The first-order valence-electron chi connectivity index (χ1n) is 11.1. The van der Waals surface area contributed by atoms with Gasteiger partial charge in [0.15, 0.2) is 5.82 Å². The van der Waals surface area contributed by atoms with Gasteiger partial charge in [-0.05, 0) is 35.7 Å².